The number of carbonyl (C=O) groups excluding carboxylic acids is 2. The smallest absolute Gasteiger partial charge is 0.328 e. The summed E-state index contributed by atoms with van der Waals surface area (Å²) in [4.78, 5) is 23.3. The normalized spacial score (nSPS) is 12.1. The summed E-state index contributed by atoms with van der Waals surface area (Å²) in [6.07, 6.45) is -0.473. The number of methoxy groups -OCH3 is 1. The molecule has 1 N–H and O–H groups in total. The second-order valence-corrected chi connectivity index (χ2v) is 4.69. The van der Waals surface area contributed by atoms with Crippen LogP contribution in [0.2, 0.25) is 0 Å². The van der Waals surface area contributed by atoms with Crippen LogP contribution in [0.4, 0.5) is 8.78 Å². The van der Waals surface area contributed by atoms with Crippen LogP contribution in [0.3, 0.4) is 0 Å². The summed E-state index contributed by atoms with van der Waals surface area (Å²) in [5.74, 6) is -3.02. The Balaban J connectivity index is 2.79. The lowest BCUT2D eigenvalue weighted by molar-refractivity contribution is -0.146. The molecular weight excluding hydrogens is 268 g/mol. The number of benzene rings is 1. The number of carbonyl (C=O) groups is 2. The number of esters is 1. The number of hydrogen-bond donors (Lipinski definition) is 1. The average Bonchev–Trinajstić information content (AvgIpc) is 2.39. The summed E-state index contributed by atoms with van der Waals surface area (Å²) in [6.45, 7) is 3.46. The first kappa shape index (κ1) is 16.1. The number of nitrogens with one attached hydrogen (secondary N) is 1. The van der Waals surface area contributed by atoms with Gasteiger partial charge in [-0.2, -0.15) is 0 Å². The van der Waals surface area contributed by atoms with E-state index in [-0.39, 0.29) is 11.5 Å². The molecule has 0 aromatic heterocycles. The first-order valence-corrected chi connectivity index (χ1v) is 6.17. The van der Waals surface area contributed by atoms with Crippen molar-refractivity contribution in [1.82, 2.24) is 5.32 Å². The van der Waals surface area contributed by atoms with E-state index in [1.165, 1.54) is 13.2 Å². The lowest BCUT2D eigenvalue weighted by Gasteiger charge is -2.19. The first-order valence-electron chi connectivity index (χ1n) is 6.17. The number of halogens is 2. The van der Waals surface area contributed by atoms with E-state index in [0.717, 1.165) is 12.1 Å². The summed E-state index contributed by atoms with van der Waals surface area (Å²) in [7, 11) is 1.21. The number of rotatable bonds is 5. The van der Waals surface area contributed by atoms with Crippen LogP contribution in [0.15, 0.2) is 18.2 Å². The molecule has 4 nitrogen and oxygen atoms in total. The average molecular weight is 285 g/mol. The standard InChI is InChI=1S/C14H17F2NO3/c1-8(2)13(14(19)20-3)17-12(18)7-9-10(15)5-4-6-11(9)16/h4-6,8,13H,7H2,1-3H3,(H,17,18)/t13-/m1/s1. The molecule has 20 heavy (non-hydrogen) atoms. The zero-order valence-corrected chi connectivity index (χ0v) is 11.6. The molecule has 0 fully saturated rings. The molecule has 0 radical (unpaired) electrons. The molecule has 0 aliphatic rings. The van der Waals surface area contributed by atoms with Crippen LogP contribution < -0.4 is 5.32 Å². The van der Waals surface area contributed by atoms with Crippen LogP contribution in [-0.4, -0.2) is 25.0 Å². The van der Waals surface area contributed by atoms with Gasteiger partial charge in [0.15, 0.2) is 0 Å². The van der Waals surface area contributed by atoms with Gasteiger partial charge in [0.2, 0.25) is 5.91 Å². The third-order valence-electron chi connectivity index (χ3n) is 2.84. The minimum atomic E-state index is -0.845. The predicted molar refractivity (Wildman–Crippen MR) is 68.8 cm³/mol. The van der Waals surface area contributed by atoms with Gasteiger partial charge in [0.05, 0.1) is 13.5 Å². The molecule has 0 unspecified atom stereocenters. The molecule has 1 aromatic carbocycles. The Morgan fingerprint density at radius 1 is 1.25 bits per heavy atom. The van der Waals surface area contributed by atoms with Crippen molar-refractivity contribution in [3.63, 3.8) is 0 Å². The second kappa shape index (κ2) is 6.98. The van der Waals surface area contributed by atoms with Gasteiger partial charge in [-0.05, 0) is 18.1 Å². The van der Waals surface area contributed by atoms with E-state index in [1.807, 2.05) is 0 Å². The van der Waals surface area contributed by atoms with Crippen molar-refractivity contribution in [1.29, 1.82) is 0 Å². The fourth-order valence-corrected chi connectivity index (χ4v) is 1.71. The largest absolute Gasteiger partial charge is 0.467 e. The SMILES string of the molecule is COC(=O)[C@H](NC(=O)Cc1c(F)cccc1F)C(C)C. The lowest BCUT2D eigenvalue weighted by Crippen LogP contribution is -2.45. The number of amides is 1. The van der Waals surface area contributed by atoms with Crippen molar-refractivity contribution in [2.75, 3.05) is 7.11 Å². The Morgan fingerprint density at radius 2 is 1.80 bits per heavy atom. The molecule has 0 aliphatic heterocycles. The molecule has 0 heterocycles. The quantitative estimate of drug-likeness (QED) is 0.840. The molecule has 110 valence electrons. The third-order valence-corrected chi connectivity index (χ3v) is 2.84. The summed E-state index contributed by atoms with van der Waals surface area (Å²) in [6, 6.07) is 2.53. The minimum Gasteiger partial charge on any atom is -0.467 e. The molecule has 1 amide bonds. The highest BCUT2D eigenvalue weighted by Gasteiger charge is 2.25. The van der Waals surface area contributed by atoms with Gasteiger partial charge in [-0.1, -0.05) is 19.9 Å². The molecule has 6 heteroatoms. The Labute approximate surface area is 116 Å². The zero-order chi connectivity index (χ0) is 15.3. The molecular formula is C14H17F2NO3. The van der Waals surface area contributed by atoms with Gasteiger partial charge in [-0.25, -0.2) is 13.6 Å². The summed E-state index contributed by atoms with van der Waals surface area (Å²) in [5, 5.41) is 2.42. The zero-order valence-electron chi connectivity index (χ0n) is 11.6. The highest BCUT2D eigenvalue weighted by atomic mass is 19.1. The summed E-state index contributed by atoms with van der Waals surface area (Å²) >= 11 is 0. The summed E-state index contributed by atoms with van der Waals surface area (Å²) < 4.78 is 31.4. The van der Waals surface area contributed by atoms with E-state index in [1.54, 1.807) is 13.8 Å². The highest BCUT2D eigenvalue weighted by Crippen LogP contribution is 2.13. The van der Waals surface area contributed by atoms with Crippen LogP contribution in [0, 0.1) is 17.6 Å². The molecule has 0 aliphatic carbocycles. The van der Waals surface area contributed by atoms with Crippen molar-refractivity contribution < 1.29 is 23.1 Å². The van der Waals surface area contributed by atoms with Gasteiger partial charge < -0.3 is 10.1 Å². The maximum Gasteiger partial charge on any atom is 0.328 e. The maximum atomic E-state index is 13.4. The van der Waals surface area contributed by atoms with Gasteiger partial charge >= 0.3 is 5.97 Å². The highest BCUT2D eigenvalue weighted by molar-refractivity contribution is 5.85. The van der Waals surface area contributed by atoms with Gasteiger partial charge in [0, 0.05) is 5.56 Å². The number of ether oxygens (including phenoxy) is 1. The maximum absolute atomic E-state index is 13.4. The van der Waals surface area contributed by atoms with E-state index in [4.69, 9.17) is 0 Å². The van der Waals surface area contributed by atoms with Gasteiger partial charge in [-0.3, -0.25) is 4.79 Å². The van der Waals surface area contributed by atoms with Crippen LogP contribution in [0.5, 0.6) is 0 Å². The van der Waals surface area contributed by atoms with Gasteiger partial charge in [0.25, 0.3) is 0 Å². The first-order chi connectivity index (χ1) is 9.36. The fraction of sp³-hybridized carbons (Fsp3) is 0.429. The van der Waals surface area contributed by atoms with Gasteiger partial charge in [-0.15, -0.1) is 0 Å². The lowest BCUT2D eigenvalue weighted by atomic mass is 10.0. The van der Waals surface area contributed by atoms with Crippen LogP contribution in [0.1, 0.15) is 19.4 Å². The minimum absolute atomic E-state index is 0.197. The topological polar surface area (TPSA) is 55.4 Å². The Morgan fingerprint density at radius 3 is 2.25 bits per heavy atom. The van der Waals surface area contributed by atoms with Crippen LogP contribution in [-0.2, 0) is 20.7 Å². The number of hydrogen-bond acceptors (Lipinski definition) is 3. The van der Waals surface area contributed by atoms with E-state index in [9.17, 15) is 18.4 Å². The van der Waals surface area contributed by atoms with Crippen molar-refractivity contribution >= 4 is 11.9 Å². The van der Waals surface area contributed by atoms with E-state index >= 15 is 0 Å². The Bertz CT molecular complexity index is 483. The van der Waals surface area contributed by atoms with Crippen molar-refractivity contribution in [2.24, 2.45) is 5.92 Å². The van der Waals surface area contributed by atoms with Crippen LogP contribution in [0.25, 0.3) is 0 Å². The van der Waals surface area contributed by atoms with Crippen molar-refractivity contribution in [3.8, 4) is 0 Å². The predicted octanol–water partition coefficient (Wildman–Crippen LogP) is 1.82. The molecule has 0 bridgehead atoms. The van der Waals surface area contributed by atoms with E-state index in [0.29, 0.717) is 0 Å². The van der Waals surface area contributed by atoms with E-state index in [2.05, 4.69) is 10.1 Å². The molecule has 0 saturated carbocycles. The molecule has 0 spiro atoms. The molecule has 1 atom stereocenters. The summed E-state index contributed by atoms with van der Waals surface area (Å²) in [5.41, 5.74) is -0.322. The van der Waals surface area contributed by atoms with E-state index < -0.39 is 36.0 Å². The van der Waals surface area contributed by atoms with Crippen LogP contribution >= 0.6 is 0 Å². The molecule has 1 aromatic rings. The molecule has 0 saturated heterocycles. The Kier molecular flexibility index (Phi) is 5.61. The van der Waals surface area contributed by atoms with Crippen molar-refractivity contribution in [2.45, 2.75) is 26.3 Å². The second-order valence-electron chi connectivity index (χ2n) is 4.69. The van der Waals surface area contributed by atoms with Gasteiger partial charge in [0.1, 0.15) is 17.7 Å². The fourth-order valence-electron chi connectivity index (χ4n) is 1.71. The Hall–Kier alpha value is -1.98. The molecule has 1 rings (SSSR count). The monoisotopic (exact) mass is 285 g/mol. The third kappa shape index (κ3) is 4.01. The van der Waals surface area contributed by atoms with Crippen molar-refractivity contribution in [3.05, 3.63) is 35.4 Å².